The lowest BCUT2D eigenvalue weighted by Crippen LogP contribution is -2.46. The summed E-state index contributed by atoms with van der Waals surface area (Å²) in [5, 5.41) is 1.99. The molecule has 0 spiro atoms. The highest BCUT2D eigenvalue weighted by Crippen LogP contribution is 2.16. The van der Waals surface area contributed by atoms with Crippen LogP contribution in [-0.2, 0) is 41.6 Å². The van der Waals surface area contributed by atoms with Crippen LogP contribution in [0.4, 0.5) is 41.5 Å². The van der Waals surface area contributed by atoms with Crippen molar-refractivity contribution in [2.75, 3.05) is 40.3 Å². The molecule has 0 aromatic heterocycles. The van der Waals surface area contributed by atoms with Crippen molar-refractivity contribution in [1.82, 2.24) is 15.1 Å². The highest BCUT2D eigenvalue weighted by Gasteiger charge is 2.34. The number of nitrogens with one attached hydrogen (secondary N) is 1. The van der Waals surface area contributed by atoms with E-state index in [9.17, 15) is 41.5 Å². The molecule has 0 bridgehead atoms. The van der Waals surface area contributed by atoms with Gasteiger partial charge in [-0.15, -0.1) is 0 Å². The standard InChI is InChI=1S/C17H24F2N2O4.C12H16F2N2O2.C10H18O5/c1-16(2,3)25-14(22)20-11-17(18,19)12-21(4)15(23)24-10-13-8-6-5-7-9-13;1-16(9-12(13,14)8-15)11(17)18-7-10-5-3-2-4-6-10;1-9(2,3)14-7(11)13-8(12)15-10(4,5)6/h5-9H,10-12H2,1-4H3,(H,20,22);2-6H,7-9,15H2,1H3;1-6H3. The zero-order chi connectivity index (χ0) is 45.0. The van der Waals surface area contributed by atoms with E-state index < -0.39 is 85.4 Å². The van der Waals surface area contributed by atoms with Crippen molar-refractivity contribution in [2.24, 2.45) is 5.73 Å². The van der Waals surface area contributed by atoms with Crippen molar-refractivity contribution < 1.29 is 70.0 Å². The fourth-order valence-electron chi connectivity index (χ4n) is 3.73. The third kappa shape index (κ3) is 28.1. The van der Waals surface area contributed by atoms with E-state index in [0.717, 1.165) is 20.9 Å². The molecule has 3 amide bonds. The van der Waals surface area contributed by atoms with Gasteiger partial charge in [0.25, 0.3) is 11.8 Å². The quantitative estimate of drug-likeness (QED) is 0.0960. The Morgan fingerprint density at radius 3 is 1.26 bits per heavy atom. The van der Waals surface area contributed by atoms with Crippen LogP contribution in [-0.4, -0.2) is 109 Å². The van der Waals surface area contributed by atoms with Gasteiger partial charge in [0.15, 0.2) is 0 Å². The minimum atomic E-state index is -3.32. The van der Waals surface area contributed by atoms with Crippen molar-refractivity contribution in [3.8, 4) is 0 Å². The van der Waals surface area contributed by atoms with Crippen LogP contribution in [0, 0.1) is 0 Å². The van der Waals surface area contributed by atoms with Gasteiger partial charge in [0.05, 0.1) is 26.2 Å². The molecule has 19 heteroatoms. The number of nitrogens with two attached hydrogens (primary N) is 1. The van der Waals surface area contributed by atoms with Crippen molar-refractivity contribution in [1.29, 1.82) is 0 Å². The number of alkyl halides is 4. The Hall–Kier alpha value is -5.33. The summed E-state index contributed by atoms with van der Waals surface area (Å²) in [6.45, 7) is 11.6. The van der Waals surface area contributed by atoms with E-state index in [-0.39, 0.29) is 13.2 Å². The van der Waals surface area contributed by atoms with Crippen LogP contribution in [0.2, 0.25) is 0 Å². The number of carbonyl (C=O) groups is 5. The average Bonchev–Trinajstić information content (AvgIpc) is 3.07. The molecular formula is C39H58F4N4O11. The van der Waals surface area contributed by atoms with Gasteiger partial charge in [-0.3, -0.25) is 0 Å². The number of amides is 3. The van der Waals surface area contributed by atoms with Crippen LogP contribution < -0.4 is 11.1 Å². The molecule has 0 unspecified atom stereocenters. The monoisotopic (exact) mass is 834 g/mol. The predicted molar refractivity (Wildman–Crippen MR) is 205 cm³/mol. The molecule has 3 N–H and O–H groups in total. The molecular weight excluding hydrogens is 776 g/mol. The minimum absolute atomic E-state index is 0.00819. The fourth-order valence-corrected chi connectivity index (χ4v) is 3.73. The van der Waals surface area contributed by atoms with Crippen LogP contribution in [0.5, 0.6) is 0 Å². The van der Waals surface area contributed by atoms with Crippen molar-refractivity contribution in [3.63, 3.8) is 0 Å². The summed E-state index contributed by atoms with van der Waals surface area (Å²) in [4.78, 5) is 58.2. The number of benzene rings is 2. The van der Waals surface area contributed by atoms with E-state index >= 15 is 0 Å². The van der Waals surface area contributed by atoms with Gasteiger partial charge < -0.3 is 49.3 Å². The second-order valence-corrected chi connectivity index (χ2v) is 15.6. The Kier molecular flexibility index (Phi) is 21.6. The highest BCUT2D eigenvalue weighted by atomic mass is 19.3. The summed E-state index contributed by atoms with van der Waals surface area (Å²) >= 11 is 0. The highest BCUT2D eigenvalue weighted by molar-refractivity contribution is 5.77. The third-order valence-electron chi connectivity index (χ3n) is 6.11. The maximum Gasteiger partial charge on any atom is 0.519 e. The van der Waals surface area contributed by atoms with Gasteiger partial charge >= 0.3 is 30.6 Å². The summed E-state index contributed by atoms with van der Waals surface area (Å²) in [5.74, 6) is -6.42. The van der Waals surface area contributed by atoms with Gasteiger partial charge in [0.1, 0.15) is 30.0 Å². The average molecular weight is 835 g/mol. The molecule has 0 fully saturated rings. The lowest BCUT2D eigenvalue weighted by molar-refractivity contribution is -0.0295. The molecule has 2 rings (SSSR count). The van der Waals surface area contributed by atoms with Gasteiger partial charge in [-0.05, 0) is 73.4 Å². The Balaban J connectivity index is 0.000000874. The van der Waals surface area contributed by atoms with E-state index in [1.54, 1.807) is 111 Å². The number of rotatable bonds is 11. The summed E-state index contributed by atoms with van der Waals surface area (Å²) < 4.78 is 82.2. The first-order chi connectivity index (χ1) is 26.4. The van der Waals surface area contributed by atoms with Gasteiger partial charge in [0, 0.05) is 14.1 Å². The van der Waals surface area contributed by atoms with Crippen LogP contribution in [0.1, 0.15) is 73.4 Å². The number of hydrogen-bond acceptors (Lipinski definition) is 12. The van der Waals surface area contributed by atoms with Gasteiger partial charge in [-0.2, -0.15) is 0 Å². The zero-order valence-corrected chi connectivity index (χ0v) is 35.0. The van der Waals surface area contributed by atoms with Gasteiger partial charge in [-0.25, -0.2) is 41.5 Å². The predicted octanol–water partition coefficient (Wildman–Crippen LogP) is 8.14. The lowest BCUT2D eigenvalue weighted by atomic mass is 10.2. The smallest absolute Gasteiger partial charge is 0.445 e. The normalized spacial score (nSPS) is 11.5. The molecule has 0 aliphatic rings. The first-order valence-electron chi connectivity index (χ1n) is 17.8. The molecule has 0 radical (unpaired) electrons. The minimum Gasteiger partial charge on any atom is -0.445 e. The molecule has 0 saturated heterocycles. The van der Waals surface area contributed by atoms with E-state index in [1.807, 2.05) is 17.4 Å². The molecule has 0 aliphatic heterocycles. The Morgan fingerprint density at radius 2 is 0.931 bits per heavy atom. The molecule has 58 heavy (non-hydrogen) atoms. The molecule has 328 valence electrons. The molecule has 0 saturated carbocycles. The summed E-state index contributed by atoms with van der Waals surface area (Å²) in [6, 6.07) is 17.9. The van der Waals surface area contributed by atoms with E-state index in [4.69, 9.17) is 29.4 Å². The number of nitrogens with zero attached hydrogens (tertiary/aromatic N) is 2. The maximum atomic E-state index is 13.9. The number of alkyl carbamates (subject to hydrolysis) is 1. The van der Waals surface area contributed by atoms with Crippen molar-refractivity contribution in [2.45, 2.75) is 104 Å². The van der Waals surface area contributed by atoms with Crippen molar-refractivity contribution >= 4 is 30.6 Å². The number of ether oxygens (including phenoxy) is 6. The summed E-state index contributed by atoms with van der Waals surface area (Å²) in [7, 11) is 2.45. The first-order valence-corrected chi connectivity index (χ1v) is 17.8. The molecule has 15 nitrogen and oxygen atoms in total. The fraction of sp³-hybridized carbons (Fsp3) is 0.564. The maximum absolute atomic E-state index is 13.9. The van der Waals surface area contributed by atoms with Crippen LogP contribution in [0.25, 0.3) is 0 Å². The van der Waals surface area contributed by atoms with Crippen LogP contribution in [0.15, 0.2) is 60.7 Å². The molecule has 0 atom stereocenters. The second kappa shape index (κ2) is 23.8. The van der Waals surface area contributed by atoms with Gasteiger partial charge in [0.2, 0.25) is 0 Å². The zero-order valence-electron chi connectivity index (χ0n) is 35.0. The largest absolute Gasteiger partial charge is 0.519 e. The van der Waals surface area contributed by atoms with Crippen molar-refractivity contribution in [3.05, 3.63) is 71.8 Å². The first kappa shape index (κ1) is 52.7. The van der Waals surface area contributed by atoms with Gasteiger partial charge in [-0.1, -0.05) is 60.7 Å². The Labute approximate surface area is 337 Å². The molecule has 2 aromatic rings. The van der Waals surface area contributed by atoms with E-state index in [2.05, 4.69) is 4.74 Å². The SMILES string of the molecule is CC(C)(C)OC(=O)OC(=O)OC(C)(C)C.CN(CC(F)(F)CN)C(=O)OCc1ccccc1.CN(CC(F)(F)CNC(=O)OC(C)(C)C)C(=O)OCc1ccccc1. The number of halogens is 4. The molecule has 0 heterocycles. The number of hydrogen-bond donors (Lipinski definition) is 2. The molecule has 2 aromatic carbocycles. The number of carbonyl (C=O) groups excluding carboxylic acids is 5. The topological polar surface area (TPSA) is 185 Å². The Bertz CT molecular complexity index is 1540. The van der Waals surface area contributed by atoms with E-state index in [0.29, 0.717) is 0 Å². The molecule has 0 aliphatic carbocycles. The third-order valence-corrected chi connectivity index (χ3v) is 6.11. The van der Waals surface area contributed by atoms with Crippen LogP contribution >= 0.6 is 0 Å². The summed E-state index contributed by atoms with van der Waals surface area (Å²) in [5.41, 5.74) is 4.27. The van der Waals surface area contributed by atoms with E-state index in [1.165, 1.54) is 14.1 Å². The Morgan fingerprint density at radius 1 is 0.586 bits per heavy atom. The lowest BCUT2D eigenvalue weighted by Gasteiger charge is -2.25. The second-order valence-electron chi connectivity index (χ2n) is 15.6. The van der Waals surface area contributed by atoms with Crippen LogP contribution in [0.3, 0.4) is 0 Å². The summed E-state index contributed by atoms with van der Waals surface area (Å²) in [6.07, 6.45) is -4.73.